The summed E-state index contributed by atoms with van der Waals surface area (Å²) < 4.78 is 47.0. The molecule has 5 aromatic carbocycles. The Morgan fingerprint density at radius 3 is 2.16 bits per heavy atom. The molecule has 0 radical (unpaired) electrons. The van der Waals surface area contributed by atoms with E-state index in [9.17, 15) is 19.4 Å². The molecule has 0 bridgehead atoms. The molecule has 0 saturated heterocycles. The number of amides is 2. The molecule has 0 spiro atoms. The second-order valence-electron chi connectivity index (χ2n) is 18.7. The van der Waals surface area contributed by atoms with Crippen LogP contribution in [0.25, 0.3) is 0 Å². The number of halogens is 1. The van der Waals surface area contributed by atoms with Crippen LogP contribution < -0.4 is 14.8 Å². The molecule has 3 N–H and O–H groups in total. The quantitative estimate of drug-likeness (QED) is 0.0292. The molecule has 2 amide bonds. The fourth-order valence-electron chi connectivity index (χ4n) is 10.5. The summed E-state index contributed by atoms with van der Waals surface area (Å²) in [5, 5.41) is 27.9. The van der Waals surface area contributed by atoms with E-state index in [4.69, 9.17) is 33.7 Å². The smallest absolute Gasteiger partial charge is 0.412 e. The number of hydrogen-bond acceptors (Lipinski definition) is 11. The first-order valence-corrected chi connectivity index (χ1v) is 25.3. The summed E-state index contributed by atoms with van der Waals surface area (Å²) in [5.74, 6) is -2.48. The number of rotatable bonds is 25. The summed E-state index contributed by atoms with van der Waals surface area (Å²) in [6.45, 7) is 4.96. The maximum atomic E-state index is 15.0. The number of hydrogen-bond donors (Lipinski definition) is 3. The van der Waals surface area contributed by atoms with Crippen molar-refractivity contribution < 1.29 is 52.7 Å². The zero-order valence-corrected chi connectivity index (χ0v) is 41.2. The van der Waals surface area contributed by atoms with Crippen LogP contribution in [-0.2, 0) is 45.4 Å². The Morgan fingerprint density at radius 2 is 1.48 bits per heavy atom. The normalized spacial score (nSPS) is 21.2. The first-order valence-electron chi connectivity index (χ1n) is 25.3. The molecule has 1 aliphatic heterocycles. The van der Waals surface area contributed by atoms with Gasteiger partial charge in [-0.05, 0) is 95.7 Å². The molecular weight excluding hydrogens is 930 g/mol. The Kier molecular flexibility index (Phi) is 18.8. The highest BCUT2D eigenvalue weighted by Crippen LogP contribution is 2.62. The van der Waals surface area contributed by atoms with Gasteiger partial charge in [0.05, 0.1) is 31.5 Å². The monoisotopic (exact) mass is 995 g/mol. The lowest BCUT2D eigenvalue weighted by atomic mass is 9.55. The third-order valence-electron chi connectivity index (χ3n) is 13.8. The van der Waals surface area contributed by atoms with Gasteiger partial charge in [-0.3, -0.25) is 4.90 Å². The molecule has 384 valence electrons. The Labute approximate surface area is 427 Å². The van der Waals surface area contributed by atoms with E-state index >= 15 is 4.79 Å². The van der Waals surface area contributed by atoms with Crippen molar-refractivity contribution in [2.45, 2.75) is 89.0 Å². The Hall–Kier alpha value is -6.84. The van der Waals surface area contributed by atoms with Gasteiger partial charge in [-0.15, -0.1) is 6.58 Å². The van der Waals surface area contributed by atoms with Crippen LogP contribution in [-0.4, -0.2) is 77.9 Å². The van der Waals surface area contributed by atoms with Crippen LogP contribution in [0.4, 0.5) is 14.0 Å². The zero-order valence-electron chi connectivity index (χ0n) is 41.2. The minimum atomic E-state index is -1.63. The number of carbonyl (C=O) groups is 2. The average Bonchev–Trinajstić information content (AvgIpc) is 3.41. The molecule has 6 atom stereocenters. The van der Waals surface area contributed by atoms with Crippen molar-refractivity contribution in [1.82, 2.24) is 10.2 Å². The Morgan fingerprint density at radius 1 is 0.808 bits per heavy atom. The van der Waals surface area contributed by atoms with Gasteiger partial charge < -0.3 is 44.1 Å². The molecule has 1 saturated carbocycles. The van der Waals surface area contributed by atoms with Gasteiger partial charge in [-0.1, -0.05) is 133 Å². The number of ether oxygens (including phenoxy) is 5. The van der Waals surface area contributed by atoms with Crippen LogP contribution in [0.3, 0.4) is 0 Å². The second kappa shape index (κ2) is 26.2. The highest BCUT2D eigenvalue weighted by atomic mass is 19.1. The highest BCUT2D eigenvalue weighted by molar-refractivity contribution is 6.03. The molecular formula is C59H66FN3O10. The van der Waals surface area contributed by atoms with E-state index in [1.807, 2.05) is 97.1 Å². The van der Waals surface area contributed by atoms with Crippen LogP contribution in [0.2, 0.25) is 0 Å². The number of benzene rings is 5. The van der Waals surface area contributed by atoms with Crippen LogP contribution in [0, 0.1) is 23.6 Å². The van der Waals surface area contributed by atoms with Gasteiger partial charge in [0.1, 0.15) is 36.6 Å². The Bertz CT molecular complexity index is 2620. The maximum absolute atomic E-state index is 15.0. The molecule has 5 aromatic rings. The molecule has 3 aliphatic rings. The van der Waals surface area contributed by atoms with Crippen molar-refractivity contribution in [3.63, 3.8) is 0 Å². The predicted molar refractivity (Wildman–Crippen MR) is 275 cm³/mol. The number of allylic oxidation sites excluding steroid dienone is 1. The van der Waals surface area contributed by atoms with Gasteiger partial charge in [0.25, 0.3) is 0 Å². The second-order valence-corrected chi connectivity index (χ2v) is 18.7. The molecule has 13 nitrogen and oxygen atoms in total. The first kappa shape index (κ1) is 52.5. The number of aliphatic hydroxyl groups excluding tert-OH is 2. The molecule has 1 heterocycles. The third kappa shape index (κ3) is 13.4. The number of fused-ring (bicyclic) bond motifs is 2. The van der Waals surface area contributed by atoms with Crippen molar-refractivity contribution >= 4 is 17.9 Å². The van der Waals surface area contributed by atoms with Crippen LogP contribution in [0.1, 0.15) is 78.7 Å². The van der Waals surface area contributed by atoms with Crippen LogP contribution in [0.5, 0.6) is 11.5 Å². The maximum Gasteiger partial charge on any atom is 0.412 e. The summed E-state index contributed by atoms with van der Waals surface area (Å²) in [6, 6.07) is 39.3. The van der Waals surface area contributed by atoms with E-state index in [1.54, 1.807) is 35.2 Å². The zero-order chi connectivity index (χ0) is 50.8. The Balaban J connectivity index is 1.25. The van der Waals surface area contributed by atoms with Crippen molar-refractivity contribution in [2.24, 2.45) is 22.9 Å². The minimum Gasteiger partial charge on any atom is -0.459 e. The summed E-state index contributed by atoms with van der Waals surface area (Å²) in [4.78, 5) is 36.3. The topological polar surface area (TPSA) is 158 Å². The van der Waals surface area contributed by atoms with Gasteiger partial charge >= 0.3 is 12.2 Å². The van der Waals surface area contributed by atoms with Crippen LogP contribution in [0.15, 0.2) is 163 Å². The summed E-state index contributed by atoms with van der Waals surface area (Å²) >= 11 is 0. The van der Waals surface area contributed by atoms with E-state index < -0.39 is 41.7 Å². The lowest BCUT2D eigenvalue weighted by Crippen LogP contribution is -2.70. The molecule has 2 aliphatic carbocycles. The van der Waals surface area contributed by atoms with Gasteiger partial charge in [0.2, 0.25) is 5.79 Å². The van der Waals surface area contributed by atoms with E-state index in [1.165, 1.54) is 12.1 Å². The number of nitrogens with zero attached hydrogens (tertiary/aromatic N) is 2. The van der Waals surface area contributed by atoms with E-state index in [2.05, 4.69) is 18.0 Å². The lowest BCUT2D eigenvalue weighted by Gasteiger charge is -2.59. The van der Waals surface area contributed by atoms with Crippen LogP contribution >= 0.6 is 0 Å². The van der Waals surface area contributed by atoms with Gasteiger partial charge in [-0.2, -0.15) is 0 Å². The molecule has 14 heteroatoms. The number of oxime groups is 1. The molecule has 0 aromatic heterocycles. The van der Waals surface area contributed by atoms with Gasteiger partial charge in [-0.25, -0.2) is 14.0 Å². The van der Waals surface area contributed by atoms with Crippen molar-refractivity contribution in [2.75, 3.05) is 33.0 Å². The summed E-state index contributed by atoms with van der Waals surface area (Å²) in [5.41, 5.74) is 5.62. The summed E-state index contributed by atoms with van der Waals surface area (Å²) in [7, 11) is 0. The highest BCUT2D eigenvalue weighted by Gasteiger charge is 2.65. The van der Waals surface area contributed by atoms with Crippen molar-refractivity contribution in [1.29, 1.82) is 0 Å². The third-order valence-corrected chi connectivity index (χ3v) is 13.8. The van der Waals surface area contributed by atoms with Gasteiger partial charge in [0, 0.05) is 44.2 Å². The lowest BCUT2D eigenvalue weighted by molar-refractivity contribution is -0.256. The molecule has 0 unspecified atom stereocenters. The molecule has 73 heavy (non-hydrogen) atoms. The predicted octanol–water partition coefficient (Wildman–Crippen LogP) is 10.8. The number of aliphatic hydroxyl groups is 2. The van der Waals surface area contributed by atoms with E-state index in [0.717, 1.165) is 40.7 Å². The molecule has 8 rings (SSSR count). The fourth-order valence-corrected chi connectivity index (χ4v) is 10.5. The fraction of sp³-hybridized carbons (Fsp3) is 0.373. The number of carbonyl (C=O) groups excluding carboxylic acids is 2. The first-order chi connectivity index (χ1) is 35.8. The average molecular weight is 996 g/mol. The minimum absolute atomic E-state index is 0.0206. The van der Waals surface area contributed by atoms with E-state index in [0.29, 0.717) is 55.1 Å². The van der Waals surface area contributed by atoms with E-state index in [-0.39, 0.29) is 71.0 Å². The van der Waals surface area contributed by atoms with Crippen molar-refractivity contribution in [3.05, 3.63) is 191 Å². The van der Waals surface area contributed by atoms with Gasteiger partial charge in [0.15, 0.2) is 0 Å². The number of nitrogens with one attached hydrogen (secondary N) is 1. The summed E-state index contributed by atoms with van der Waals surface area (Å²) in [6.07, 6.45) is 6.77. The van der Waals surface area contributed by atoms with Crippen molar-refractivity contribution in [3.8, 4) is 11.5 Å². The molecule has 1 fully saturated rings. The largest absolute Gasteiger partial charge is 0.459 e. The number of unbranched alkanes of at least 4 members (excludes halogenated alkanes) is 2. The standard InChI is InChI=1S/C59H66FN3O10/c1-2-32-70-59-54(63(39-43-24-26-47(60)27-25-43)58(67)69-34-33-68-40-44-18-8-4-9-19-44)37-52(62-71-41-45-20-10-5-11-21-45)50-35-46(22-12-14-30-64)49(23-13-15-31-65)55(56(50)59)51-36-48(28-29-53(51)73-59)72-57(66)61-38-42-16-6-3-7-17-42/h2-11,16-21,24-29,35-36,46,49,54-56,64-65H,1,12-15,22-23,30-34,37-41H2,(H,61,66)/t46-,49+,54-,55+,56+,59+/m0/s1. The SMILES string of the molecule is C=CCO[C@@]12Oc3ccc(OC(=O)NCc4ccccc4)cc3[C@H]3[C@H](CCCCO)[C@@H](CCCCO)C=C(C(=NOCc4ccccc4)C[C@@H]1N(Cc1ccc(F)cc1)C(=O)OCCOCc1ccccc1)[C@H]32.